The van der Waals surface area contributed by atoms with Crippen LogP contribution in [0.2, 0.25) is 5.02 Å². The van der Waals surface area contributed by atoms with Crippen LogP contribution in [0.3, 0.4) is 0 Å². The molecule has 0 aliphatic carbocycles. The molecular weight excluding hydrogens is 519 g/mol. The number of nitrogens with zero attached hydrogens (tertiary/aromatic N) is 2. The van der Waals surface area contributed by atoms with Crippen LogP contribution in [0.25, 0.3) is 21.7 Å². The van der Waals surface area contributed by atoms with Gasteiger partial charge in [-0.05, 0) is 55.3 Å². The Hall–Kier alpha value is -3.47. The number of nitrogens with two attached hydrogens (primary N) is 1. The number of anilines is 1. The van der Waals surface area contributed by atoms with Gasteiger partial charge < -0.3 is 21.1 Å². The molecule has 2 aromatic carbocycles. The Morgan fingerprint density at radius 1 is 1.00 bits per heavy atom. The Kier molecular flexibility index (Phi) is 8.98. The summed E-state index contributed by atoms with van der Waals surface area (Å²) in [6, 6.07) is 10.8. The van der Waals surface area contributed by atoms with Crippen LogP contribution in [-0.4, -0.2) is 42.2 Å². The number of unbranched alkanes of at least 4 members (excludes halogenated alkanes) is 1. The second-order valence-corrected chi connectivity index (χ2v) is 9.12. The SMILES string of the molecule is NC(=O)c1ccc2c(c1)nc(NCCOCCCCNCc1ccc(C(F)(F)F)c(Cl)c1)c1ccncc12. The molecule has 0 saturated carbocycles. The molecule has 2 aromatic heterocycles. The summed E-state index contributed by atoms with van der Waals surface area (Å²) in [4.78, 5) is 20.5. The van der Waals surface area contributed by atoms with E-state index in [-0.39, 0.29) is 5.02 Å². The number of carbonyl (C=O) groups excluding carboxylic acids is 1. The number of hydrogen-bond donors (Lipinski definition) is 3. The van der Waals surface area contributed by atoms with Gasteiger partial charge in [-0.2, -0.15) is 13.2 Å². The lowest BCUT2D eigenvalue weighted by Gasteiger charge is -2.12. The fourth-order valence-corrected chi connectivity index (χ4v) is 4.38. The highest BCUT2D eigenvalue weighted by Gasteiger charge is 2.32. The second-order valence-electron chi connectivity index (χ2n) is 8.71. The lowest BCUT2D eigenvalue weighted by molar-refractivity contribution is -0.137. The van der Waals surface area contributed by atoms with Crippen molar-refractivity contribution in [1.29, 1.82) is 0 Å². The average Bonchev–Trinajstić information content (AvgIpc) is 2.88. The number of benzene rings is 2. The van der Waals surface area contributed by atoms with Crippen molar-refractivity contribution < 1.29 is 22.7 Å². The molecule has 0 aliphatic heterocycles. The molecule has 7 nitrogen and oxygen atoms in total. The van der Waals surface area contributed by atoms with Gasteiger partial charge in [-0.25, -0.2) is 4.98 Å². The minimum Gasteiger partial charge on any atom is -0.380 e. The lowest BCUT2D eigenvalue weighted by atomic mass is 10.1. The van der Waals surface area contributed by atoms with E-state index in [4.69, 9.17) is 22.1 Å². The quantitative estimate of drug-likeness (QED) is 0.159. The number of nitrogens with one attached hydrogen (secondary N) is 2. The number of rotatable bonds is 12. The van der Waals surface area contributed by atoms with E-state index in [0.717, 1.165) is 35.1 Å². The number of halogens is 4. The number of carbonyl (C=O) groups is 1. The maximum atomic E-state index is 12.8. The van der Waals surface area contributed by atoms with Crippen LogP contribution in [0.15, 0.2) is 54.9 Å². The molecule has 4 aromatic rings. The number of alkyl halides is 3. The highest BCUT2D eigenvalue weighted by atomic mass is 35.5. The van der Waals surface area contributed by atoms with Crippen molar-refractivity contribution in [2.24, 2.45) is 5.73 Å². The predicted molar refractivity (Wildman–Crippen MR) is 142 cm³/mol. The molecule has 0 saturated heterocycles. The number of amides is 1. The first-order valence-corrected chi connectivity index (χ1v) is 12.5. The maximum absolute atomic E-state index is 12.8. The molecular formula is C27H27ClF3N5O2. The van der Waals surface area contributed by atoms with Gasteiger partial charge in [0.1, 0.15) is 5.82 Å². The van der Waals surface area contributed by atoms with E-state index in [0.29, 0.717) is 55.3 Å². The number of fused-ring (bicyclic) bond motifs is 3. The van der Waals surface area contributed by atoms with Crippen LogP contribution < -0.4 is 16.4 Å². The summed E-state index contributed by atoms with van der Waals surface area (Å²) in [6.45, 7) is 2.73. The Balaban J connectivity index is 1.18. The minimum atomic E-state index is -4.45. The van der Waals surface area contributed by atoms with Crippen molar-refractivity contribution in [1.82, 2.24) is 15.3 Å². The van der Waals surface area contributed by atoms with Gasteiger partial charge in [0.25, 0.3) is 0 Å². The monoisotopic (exact) mass is 545 g/mol. The molecule has 0 unspecified atom stereocenters. The molecule has 4 N–H and O–H groups in total. The molecule has 2 heterocycles. The third-order valence-corrected chi connectivity index (χ3v) is 6.29. The van der Waals surface area contributed by atoms with E-state index in [1.807, 2.05) is 12.1 Å². The standard InChI is InChI=1S/C27H27ClF3N5O2/c28-23-13-17(3-6-22(23)27(29,30)31)15-33-8-1-2-11-38-12-10-35-26-20-7-9-34-16-21(20)19-5-4-18(25(32)37)14-24(19)36-26/h3-7,9,13-14,16,33H,1-2,8,10-12,15H2,(H2,32,37)(H,35,36). The highest BCUT2D eigenvalue weighted by molar-refractivity contribution is 6.31. The van der Waals surface area contributed by atoms with Gasteiger partial charge in [0.2, 0.25) is 5.91 Å². The van der Waals surface area contributed by atoms with Crippen LogP contribution in [0.5, 0.6) is 0 Å². The number of hydrogen-bond acceptors (Lipinski definition) is 6. The first kappa shape index (κ1) is 27.6. The van der Waals surface area contributed by atoms with Crippen LogP contribution >= 0.6 is 11.6 Å². The van der Waals surface area contributed by atoms with Crippen LogP contribution in [0.1, 0.15) is 34.3 Å². The molecule has 0 atom stereocenters. The Morgan fingerprint density at radius 2 is 1.84 bits per heavy atom. The largest absolute Gasteiger partial charge is 0.417 e. The molecule has 0 fully saturated rings. The van der Waals surface area contributed by atoms with E-state index in [2.05, 4.69) is 20.6 Å². The van der Waals surface area contributed by atoms with Crippen molar-refractivity contribution in [2.75, 3.05) is 31.6 Å². The van der Waals surface area contributed by atoms with Gasteiger partial charge in [0.15, 0.2) is 0 Å². The molecule has 0 aliphatic rings. The molecule has 38 heavy (non-hydrogen) atoms. The van der Waals surface area contributed by atoms with Crippen molar-refractivity contribution in [3.63, 3.8) is 0 Å². The van der Waals surface area contributed by atoms with E-state index >= 15 is 0 Å². The highest BCUT2D eigenvalue weighted by Crippen LogP contribution is 2.35. The molecule has 0 spiro atoms. The smallest absolute Gasteiger partial charge is 0.380 e. The van der Waals surface area contributed by atoms with Gasteiger partial charge in [0, 0.05) is 53.8 Å². The predicted octanol–water partition coefficient (Wildman–Crippen LogP) is 5.55. The van der Waals surface area contributed by atoms with Gasteiger partial charge in [0.05, 0.1) is 22.7 Å². The summed E-state index contributed by atoms with van der Waals surface area (Å²) in [5.74, 6) is 0.162. The minimum absolute atomic E-state index is 0.294. The Morgan fingerprint density at radius 3 is 2.61 bits per heavy atom. The number of pyridine rings is 2. The first-order chi connectivity index (χ1) is 18.2. The summed E-state index contributed by atoms with van der Waals surface area (Å²) in [5.41, 5.74) is 6.33. The third-order valence-electron chi connectivity index (χ3n) is 5.98. The fourth-order valence-electron chi connectivity index (χ4n) is 4.07. The van der Waals surface area contributed by atoms with E-state index < -0.39 is 17.6 Å². The summed E-state index contributed by atoms with van der Waals surface area (Å²) in [7, 11) is 0. The van der Waals surface area contributed by atoms with Gasteiger partial charge >= 0.3 is 6.18 Å². The Bertz CT molecular complexity index is 1430. The molecule has 0 bridgehead atoms. The van der Waals surface area contributed by atoms with Crippen LogP contribution in [-0.2, 0) is 17.5 Å². The fraction of sp³-hybridized carbons (Fsp3) is 0.296. The lowest BCUT2D eigenvalue weighted by Crippen LogP contribution is -2.16. The normalized spacial score (nSPS) is 11.8. The summed E-state index contributed by atoms with van der Waals surface area (Å²) in [6.07, 6.45) is 0.708. The molecule has 4 rings (SSSR count). The third kappa shape index (κ3) is 6.89. The molecule has 200 valence electrons. The van der Waals surface area contributed by atoms with Crippen molar-refractivity contribution in [3.8, 4) is 0 Å². The zero-order valence-electron chi connectivity index (χ0n) is 20.4. The van der Waals surface area contributed by atoms with E-state index in [1.165, 1.54) is 12.1 Å². The topological polar surface area (TPSA) is 102 Å². The zero-order valence-corrected chi connectivity index (χ0v) is 21.2. The Labute approximate surface area is 222 Å². The van der Waals surface area contributed by atoms with Gasteiger partial charge in [-0.15, -0.1) is 0 Å². The maximum Gasteiger partial charge on any atom is 0.417 e. The summed E-state index contributed by atoms with van der Waals surface area (Å²) < 4.78 is 44.1. The summed E-state index contributed by atoms with van der Waals surface area (Å²) >= 11 is 5.76. The van der Waals surface area contributed by atoms with Gasteiger partial charge in [-0.3, -0.25) is 9.78 Å². The number of aromatic nitrogens is 2. The van der Waals surface area contributed by atoms with Crippen molar-refractivity contribution in [3.05, 3.63) is 76.6 Å². The zero-order chi connectivity index (χ0) is 27.1. The van der Waals surface area contributed by atoms with Crippen molar-refractivity contribution in [2.45, 2.75) is 25.6 Å². The molecule has 11 heteroatoms. The van der Waals surface area contributed by atoms with Crippen LogP contribution in [0, 0.1) is 0 Å². The van der Waals surface area contributed by atoms with Crippen molar-refractivity contribution >= 4 is 45.0 Å². The number of ether oxygens (including phenoxy) is 1. The van der Waals surface area contributed by atoms with Gasteiger partial charge in [-0.1, -0.05) is 23.7 Å². The molecule has 1 amide bonds. The van der Waals surface area contributed by atoms with Crippen LogP contribution in [0.4, 0.5) is 19.0 Å². The second kappa shape index (κ2) is 12.4. The summed E-state index contributed by atoms with van der Waals surface area (Å²) in [5, 5.41) is 8.93. The first-order valence-electron chi connectivity index (χ1n) is 12.1. The molecule has 0 radical (unpaired) electrons. The average molecular weight is 546 g/mol. The number of primary amides is 1. The van der Waals surface area contributed by atoms with E-state index in [9.17, 15) is 18.0 Å². The van der Waals surface area contributed by atoms with E-state index in [1.54, 1.807) is 24.5 Å².